The van der Waals surface area contributed by atoms with Crippen LogP contribution in [0.25, 0.3) is 0 Å². The Hall–Kier alpha value is -4.03. The summed E-state index contributed by atoms with van der Waals surface area (Å²) in [6, 6.07) is 32.0. The van der Waals surface area contributed by atoms with E-state index in [0.29, 0.717) is 94.9 Å². The molecule has 0 radical (unpaired) electrons. The largest absolute Gasteiger partial charge is 0.497 e. The highest BCUT2D eigenvalue weighted by Gasteiger charge is 2.26. The van der Waals surface area contributed by atoms with Crippen LogP contribution >= 0.6 is 124 Å². The van der Waals surface area contributed by atoms with E-state index in [1.807, 2.05) is 88.7 Å². The van der Waals surface area contributed by atoms with E-state index < -0.39 is 6.89 Å². The molecule has 8 rings (SSSR count). The Bertz CT molecular complexity index is 3700. The van der Waals surface area contributed by atoms with Crippen molar-refractivity contribution in [3.63, 3.8) is 0 Å². The number of thioether (sulfide) groups is 2. The zero-order valence-electron chi connectivity index (χ0n) is 88.7. The van der Waals surface area contributed by atoms with Crippen LogP contribution in [0.4, 0.5) is 0 Å². The van der Waals surface area contributed by atoms with Crippen molar-refractivity contribution in [2.75, 3.05) is 188 Å². The molecule has 5 fully saturated rings. The minimum atomic E-state index is -2.08. The number of ketones is 2. The summed E-state index contributed by atoms with van der Waals surface area (Å²) in [6.07, 6.45) is 30.8. The number of carbonyl (C=O) groups is 3. The predicted molar refractivity (Wildman–Crippen MR) is 614 cm³/mol. The number of allylic oxidation sites excluding steroid dienone is 1. The molecule has 5 aliphatic rings. The van der Waals surface area contributed by atoms with Gasteiger partial charge in [0.25, 0.3) is 0 Å². The average molecular weight is 2470 g/mol. The van der Waals surface area contributed by atoms with Gasteiger partial charge in [-0.15, -0.1) is 35.1 Å². The van der Waals surface area contributed by atoms with Gasteiger partial charge in [0, 0.05) is 50.8 Å². The molecule has 0 saturated carbocycles. The molecule has 3 aromatic rings. The first-order chi connectivity index (χ1) is 69.7. The minimum Gasteiger partial charge on any atom is -0.497 e. The number of carbonyl (C=O) groups excluding carboxylic acids is 3. The van der Waals surface area contributed by atoms with Gasteiger partial charge in [-0.05, 0) is 311 Å². The van der Waals surface area contributed by atoms with Crippen LogP contribution in [0.2, 0.25) is 0 Å². The van der Waals surface area contributed by atoms with Crippen molar-refractivity contribution in [2.45, 2.75) is 218 Å². The Morgan fingerprint density at radius 1 is 0.414 bits per heavy atom. The molecular weight excluding hydrogens is 2290 g/mol. The molecule has 28 nitrogen and oxygen atoms in total. The second-order valence-electron chi connectivity index (χ2n) is 33.1. The Kier molecular flexibility index (Phi) is 110. The fourth-order valence-electron chi connectivity index (χ4n) is 10.8. The van der Waals surface area contributed by atoms with Gasteiger partial charge in [0.15, 0.2) is 43.0 Å². The van der Waals surface area contributed by atoms with Crippen molar-refractivity contribution >= 4 is 164 Å². The minimum absolute atomic E-state index is 0.00756. The number of alkyl halides is 3. The van der Waals surface area contributed by atoms with Crippen LogP contribution in [0.1, 0.15) is 186 Å². The second kappa shape index (κ2) is 108. The molecule has 5 heterocycles. The van der Waals surface area contributed by atoms with Gasteiger partial charge in [-0.25, -0.2) is 0 Å². The van der Waals surface area contributed by atoms with Gasteiger partial charge in [-0.1, -0.05) is 175 Å². The van der Waals surface area contributed by atoms with Crippen molar-refractivity contribution in [1.29, 1.82) is 0 Å². The molecule has 0 bridgehead atoms. The number of halogens is 6. The number of Topliss-reactive ketones (excluding diaryl/α,β-unsaturated/α-hetero) is 2. The van der Waals surface area contributed by atoms with Crippen molar-refractivity contribution < 1.29 is 134 Å². The maximum absolute atomic E-state index is 10.5. The number of hydrogen-bond donors (Lipinski definition) is 2. The SMILES string of the molecule is BrCOC1CCCCO1.BrP(Br)Br.C=C(C)CCl.C=C(C)CO/C=C(\C)COC=P(c1ccccc1)(c1ccccc1)c1ccccc1.C=C(C)CO/C=C(\C)COCBr.C=C(C)CO/C=C(\C)COCO.C=C(C)CO/C=C(\C)COCOC1CCCCO1.C=COCSC.CC(=O)CO.CC(=O)COCOC1CCCCO1.CC(C=O)COCOC1CCCCO1.CSCO/C=C(\C)COCOC1CCCCO1. The first kappa shape index (κ1) is 147. The molecular formula is C107H172Br5ClO28P2S2. The normalized spacial score (nSPS) is 16.7. The van der Waals surface area contributed by atoms with E-state index in [-0.39, 0.29) is 100 Å². The van der Waals surface area contributed by atoms with Crippen molar-refractivity contribution in [1.82, 2.24) is 0 Å². The van der Waals surface area contributed by atoms with E-state index >= 15 is 0 Å². The summed E-state index contributed by atoms with van der Waals surface area (Å²) in [5.41, 5.74) is 11.2. The fraction of sp³-hybridized carbons (Fsp3) is 0.589. The summed E-state index contributed by atoms with van der Waals surface area (Å²) in [4.78, 5) is 30.3. The Morgan fingerprint density at radius 3 is 0.959 bits per heavy atom. The third-order valence-corrected chi connectivity index (χ3v) is 23.0. The molecule has 0 aliphatic carbocycles. The van der Waals surface area contributed by atoms with Gasteiger partial charge in [0.1, 0.15) is 107 Å². The number of ether oxygens (including phenoxy) is 23. The highest BCUT2D eigenvalue weighted by molar-refractivity contribution is 9.93. The lowest BCUT2D eigenvalue weighted by atomic mass is 10.2. The predicted octanol–water partition coefficient (Wildman–Crippen LogP) is 25.8. The lowest BCUT2D eigenvalue weighted by Gasteiger charge is -2.28. The monoisotopic (exact) mass is 2460 g/mol. The zero-order valence-corrected chi connectivity index (χ0v) is 101. The van der Waals surface area contributed by atoms with Crippen LogP contribution in [0.5, 0.6) is 0 Å². The van der Waals surface area contributed by atoms with Crippen LogP contribution in [-0.4, -0.2) is 253 Å². The van der Waals surface area contributed by atoms with Crippen LogP contribution in [0.3, 0.4) is 0 Å². The van der Waals surface area contributed by atoms with E-state index in [1.165, 1.54) is 61.7 Å². The van der Waals surface area contributed by atoms with E-state index in [0.717, 1.165) is 166 Å². The van der Waals surface area contributed by atoms with Crippen LogP contribution in [0, 0.1) is 5.92 Å². The highest BCUT2D eigenvalue weighted by atomic mass is 80.0. The number of aldehydes is 1. The number of aliphatic hydroxyl groups excluding tert-OH is 2. The molecule has 38 heteroatoms. The molecule has 6 unspecified atom stereocenters. The number of aliphatic hydroxyl groups is 2. The molecule has 0 spiro atoms. The fourth-order valence-corrected chi connectivity index (χ4v) is 15.2. The van der Waals surface area contributed by atoms with E-state index in [1.54, 1.807) is 54.8 Å². The van der Waals surface area contributed by atoms with E-state index in [2.05, 4.69) is 215 Å². The van der Waals surface area contributed by atoms with E-state index in [9.17, 15) is 14.4 Å². The van der Waals surface area contributed by atoms with Gasteiger partial charge in [-0.3, -0.25) is 9.59 Å². The third kappa shape index (κ3) is 102. The summed E-state index contributed by atoms with van der Waals surface area (Å²) in [7, 11) is 0. The highest BCUT2D eigenvalue weighted by Crippen LogP contribution is 2.59. The van der Waals surface area contributed by atoms with Gasteiger partial charge >= 0.3 is 0 Å². The maximum Gasteiger partial charge on any atom is 0.160 e. The van der Waals surface area contributed by atoms with Crippen LogP contribution < -0.4 is 15.9 Å². The zero-order chi connectivity index (χ0) is 109. The molecule has 145 heavy (non-hydrogen) atoms. The lowest BCUT2D eigenvalue weighted by Crippen LogP contribution is -2.27. The van der Waals surface area contributed by atoms with Gasteiger partial charge in [0.2, 0.25) is 0 Å². The standard InChI is InChI=1S/C27H29O2P.C14H24O4.C12H22O4S.C10H18O4.C9H15BrO2.C9H16O4.C9H16O3.C6H11BrO2.C4H7Cl.C4H8OS.C3H6O2.Br3P/c1-23(2)19-28-20-24(3)21-29-22-30(25-13-7-4-8-14-25,26-15-9-5-10-16-26)27-17-11-6-12-18-27;1-12(2)8-15-9-13(3)10-16-11-18-14-6-4-5-7-17-14;1-11(8-14-10-17-2)7-13-9-16-12-5-3-4-6-15-12;1-9(6-11)7-12-8-14-10-4-2-3-5-13-10;1-8(2)4-11-5-9(3)6-12-7-10;1-8(10)6-11-7-13-9-4-2-3-5-12-9;1-8(2)4-11-5-9(3)6-12-7-10;7-5-9-6-3-1-2-4-8-6;1-4(2)3-5;1-3-5-4-6-2;1-3(5)2-4;1-4(2)3/h4-18,20,22H,1,19,21H2,2-3H3;9,14H,1,4-8,10-11H2,2-3H3;8,12H,3-7,9-10H2,1-2H3;6,9-10H,2-5,7-8H2,1H3;5H,1,4,6-7H2,2-3H3;9H,2-7H2,1H3;5,10H,1,4,6-7H2,2-3H3;6H,1-5H2;1,3H2,2H3;3H,1,4H2,2H3;4H,2H2,1H3;/b24-20+;13-9+;11-8+;;9-5+;;9-5+;;;;;. The molecule has 6 atom stereocenters. The topological polar surface area (TPSA) is 304 Å². The summed E-state index contributed by atoms with van der Waals surface area (Å²) < 4.78 is 121. The van der Waals surface area contributed by atoms with Crippen LogP contribution in [-0.2, 0) is 123 Å². The molecule has 5 aliphatic heterocycles. The Labute approximate surface area is 925 Å². The summed E-state index contributed by atoms with van der Waals surface area (Å²) >= 11 is 24.4. The third-order valence-electron chi connectivity index (χ3n) is 17.4. The average Bonchev–Trinajstić information content (AvgIpc) is 0.757. The number of rotatable bonds is 55. The van der Waals surface area contributed by atoms with Crippen molar-refractivity contribution in [2.24, 2.45) is 5.92 Å². The quantitative estimate of drug-likeness (QED) is 0.0101. The van der Waals surface area contributed by atoms with Crippen molar-refractivity contribution in [3.8, 4) is 0 Å². The molecule has 832 valence electrons. The Morgan fingerprint density at radius 2 is 0.703 bits per heavy atom. The first-order valence-electron chi connectivity index (χ1n) is 47.7. The van der Waals surface area contributed by atoms with Crippen molar-refractivity contribution in [3.05, 3.63) is 224 Å². The smallest absolute Gasteiger partial charge is 0.160 e. The summed E-state index contributed by atoms with van der Waals surface area (Å²) in [6.45, 7) is 53.3. The first-order valence-corrected chi connectivity index (χ1v) is 62.6. The second-order valence-corrected chi connectivity index (χ2v) is 54.4. The Balaban J connectivity index is -0.000000778. The van der Waals surface area contributed by atoms with E-state index in [4.69, 9.17) is 131 Å². The molecule has 5 saturated heterocycles. The number of benzene rings is 3. The lowest BCUT2D eigenvalue weighted by molar-refractivity contribution is -0.210. The molecule has 0 amide bonds. The molecule has 3 aromatic carbocycles. The molecule has 2 N–H and O–H groups in total. The van der Waals surface area contributed by atoms with Gasteiger partial charge < -0.3 is 124 Å². The van der Waals surface area contributed by atoms with Crippen LogP contribution in [0.15, 0.2) is 224 Å². The van der Waals surface area contributed by atoms with Gasteiger partial charge in [-0.2, -0.15) is 0 Å². The van der Waals surface area contributed by atoms with Gasteiger partial charge in [0.05, 0.1) is 77.2 Å². The summed E-state index contributed by atoms with van der Waals surface area (Å²) in [5.74, 6) is 3.79. The molecule has 0 aromatic heterocycles. The number of hydrogen-bond acceptors (Lipinski definition) is 30. The maximum atomic E-state index is 10.5. The summed E-state index contributed by atoms with van der Waals surface area (Å²) in [5, 5.41) is 19.9.